The molecule has 0 aliphatic heterocycles. The van der Waals surface area contributed by atoms with Crippen LogP contribution < -0.4 is 19.5 Å². The van der Waals surface area contributed by atoms with Gasteiger partial charge in [-0.2, -0.15) is 0 Å². The molecular formula is C16H28N2O3. The third-order valence-corrected chi connectivity index (χ3v) is 3.32. The third kappa shape index (κ3) is 5.10. The molecule has 0 radical (unpaired) electrons. The lowest BCUT2D eigenvalue weighted by molar-refractivity contribution is 0.300. The molecule has 5 nitrogen and oxygen atoms in total. The predicted octanol–water partition coefficient (Wildman–Crippen LogP) is 2.14. The molecule has 0 aromatic heterocycles. The highest BCUT2D eigenvalue weighted by Crippen LogP contribution is 2.39. The minimum atomic E-state index is 0.648. The number of benzene rings is 1. The van der Waals surface area contributed by atoms with Crippen molar-refractivity contribution in [3.8, 4) is 17.2 Å². The molecule has 1 N–H and O–H groups in total. The largest absolute Gasteiger partial charge is 0.493 e. The average molecular weight is 296 g/mol. The van der Waals surface area contributed by atoms with Gasteiger partial charge in [0.25, 0.3) is 0 Å². The Morgan fingerprint density at radius 1 is 1.00 bits per heavy atom. The molecule has 0 aliphatic rings. The van der Waals surface area contributed by atoms with E-state index < -0.39 is 0 Å². The second-order valence-electron chi connectivity index (χ2n) is 4.98. The molecule has 0 saturated heterocycles. The van der Waals surface area contributed by atoms with E-state index in [1.807, 2.05) is 12.1 Å². The average Bonchev–Trinajstić information content (AvgIpc) is 2.50. The molecule has 5 heteroatoms. The Kier molecular flexibility index (Phi) is 7.93. The highest BCUT2D eigenvalue weighted by atomic mass is 16.5. The molecule has 0 bridgehead atoms. The first-order chi connectivity index (χ1) is 10.2. The van der Waals surface area contributed by atoms with Gasteiger partial charge in [-0.15, -0.1) is 0 Å². The van der Waals surface area contributed by atoms with Crippen LogP contribution in [0.5, 0.6) is 17.2 Å². The van der Waals surface area contributed by atoms with Crippen molar-refractivity contribution in [1.29, 1.82) is 0 Å². The van der Waals surface area contributed by atoms with Gasteiger partial charge in [0.05, 0.1) is 21.3 Å². The van der Waals surface area contributed by atoms with Crippen LogP contribution in [0.25, 0.3) is 0 Å². The number of nitrogens with zero attached hydrogens (tertiary/aromatic N) is 1. The molecule has 0 saturated carbocycles. The summed E-state index contributed by atoms with van der Waals surface area (Å²) in [4.78, 5) is 2.26. The van der Waals surface area contributed by atoms with Gasteiger partial charge in [0, 0.05) is 25.2 Å². The van der Waals surface area contributed by atoms with Crippen molar-refractivity contribution in [3.63, 3.8) is 0 Å². The molecule has 1 aromatic rings. The van der Waals surface area contributed by atoms with E-state index in [0.717, 1.165) is 43.9 Å². The molecule has 0 atom stereocenters. The van der Waals surface area contributed by atoms with E-state index in [2.05, 4.69) is 24.2 Å². The zero-order valence-corrected chi connectivity index (χ0v) is 13.9. The minimum Gasteiger partial charge on any atom is -0.493 e. The minimum absolute atomic E-state index is 0.648. The van der Waals surface area contributed by atoms with Crippen LogP contribution in [0.1, 0.15) is 18.9 Å². The van der Waals surface area contributed by atoms with Crippen molar-refractivity contribution in [1.82, 2.24) is 10.2 Å². The number of rotatable bonds is 10. The maximum atomic E-state index is 5.51. The summed E-state index contributed by atoms with van der Waals surface area (Å²) in [5.41, 5.74) is 1.09. The Balaban J connectivity index is 2.74. The normalized spacial score (nSPS) is 10.8. The summed E-state index contributed by atoms with van der Waals surface area (Å²) in [5.74, 6) is 2.07. The zero-order chi connectivity index (χ0) is 15.7. The molecule has 0 spiro atoms. The van der Waals surface area contributed by atoms with E-state index in [4.69, 9.17) is 14.2 Å². The first-order valence-electron chi connectivity index (χ1n) is 7.35. The quantitative estimate of drug-likeness (QED) is 0.670. The smallest absolute Gasteiger partial charge is 0.203 e. The van der Waals surface area contributed by atoms with Crippen LogP contribution in [0.3, 0.4) is 0 Å². The van der Waals surface area contributed by atoms with E-state index in [1.165, 1.54) is 0 Å². The van der Waals surface area contributed by atoms with Gasteiger partial charge in [-0.05, 0) is 26.1 Å². The zero-order valence-electron chi connectivity index (χ0n) is 13.9. The Bertz CT molecular complexity index is 424. The van der Waals surface area contributed by atoms with Gasteiger partial charge in [0.2, 0.25) is 5.75 Å². The molecular weight excluding hydrogens is 268 g/mol. The van der Waals surface area contributed by atoms with Crippen LogP contribution in [0.15, 0.2) is 12.1 Å². The molecule has 0 aliphatic carbocycles. The van der Waals surface area contributed by atoms with Crippen LogP contribution in [0.2, 0.25) is 0 Å². The summed E-state index contributed by atoms with van der Waals surface area (Å²) in [6.45, 7) is 6.01. The lowest BCUT2D eigenvalue weighted by atomic mass is 10.1. The number of hydrogen-bond donors (Lipinski definition) is 1. The molecule has 0 amide bonds. The van der Waals surface area contributed by atoms with E-state index in [0.29, 0.717) is 11.5 Å². The van der Waals surface area contributed by atoms with Crippen molar-refractivity contribution in [3.05, 3.63) is 17.7 Å². The Hall–Kier alpha value is -1.46. The molecule has 21 heavy (non-hydrogen) atoms. The van der Waals surface area contributed by atoms with Gasteiger partial charge >= 0.3 is 0 Å². The van der Waals surface area contributed by atoms with Gasteiger partial charge in [0.15, 0.2) is 11.5 Å². The van der Waals surface area contributed by atoms with E-state index in [9.17, 15) is 0 Å². The maximum Gasteiger partial charge on any atom is 0.203 e. The topological polar surface area (TPSA) is 43.0 Å². The molecule has 1 aromatic carbocycles. The number of methoxy groups -OCH3 is 3. The summed E-state index contributed by atoms with van der Waals surface area (Å²) in [6.07, 6.45) is 1.16. The Morgan fingerprint density at radius 2 is 1.71 bits per heavy atom. The molecule has 0 heterocycles. The SMILES string of the molecule is CCCNCCN(C)Cc1ccc(OC)c(OC)c1OC. The van der Waals surface area contributed by atoms with Gasteiger partial charge in [-0.25, -0.2) is 0 Å². The summed E-state index contributed by atoms with van der Waals surface area (Å²) in [5, 5.41) is 3.40. The standard InChI is InChI=1S/C16H28N2O3/c1-6-9-17-10-11-18(2)12-13-7-8-14(19-3)16(21-5)15(13)20-4/h7-8,17H,6,9-12H2,1-5H3. The summed E-state index contributed by atoms with van der Waals surface area (Å²) >= 11 is 0. The fraction of sp³-hybridized carbons (Fsp3) is 0.625. The van der Waals surface area contributed by atoms with Gasteiger partial charge in [0.1, 0.15) is 0 Å². The third-order valence-electron chi connectivity index (χ3n) is 3.32. The van der Waals surface area contributed by atoms with Gasteiger partial charge in [-0.1, -0.05) is 13.0 Å². The van der Waals surface area contributed by atoms with Crippen molar-refractivity contribution in [2.75, 3.05) is 48.0 Å². The van der Waals surface area contributed by atoms with E-state index >= 15 is 0 Å². The number of likely N-dealkylation sites (N-methyl/N-ethyl adjacent to an activating group) is 1. The Morgan fingerprint density at radius 3 is 2.29 bits per heavy atom. The summed E-state index contributed by atoms with van der Waals surface area (Å²) < 4.78 is 16.2. The van der Waals surface area contributed by atoms with Crippen LogP contribution >= 0.6 is 0 Å². The summed E-state index contributed by atoms with van der Waals surface area (Å²) in [6, 6.07) is 3.94. The Labute approximate surface area is 128 Å². The second kappa shape index (κ2) is 9.47. The molecule has 1 rings (SSSR count). The van der Waals surface area contributed by atoms with E-state index in [-0.39, 0.29) is 0 Å². The lowest BCUT2D eigenvalue weighted by Gasteiger charge is -2.20. The van der Waals surface area contributed by atoms with E-state index in [1.54, 1.807) is 21.3 Å². The van der Waals surface area contributed by atoms with Crippen LogP contribution in [-0.2, 0) is 6.54 Å². The number of nitrogens with one attached hydrogen (secondary N) is 1. The number of hydrogen-bond acceptors (Lipinski definition) is 5. The summed E-state index contributed by atoms with van der Waals surface area (Å²) in [7, 11) is 7.01. The fourth-order valence-corrected chi connectivity index (χ4v) is 2.23. The van der Waals surface area contributed by atoms with Crippen molar-refractivity contribution in [2.45, 2.75) is 19.9 Å². The van der Waals surface area contributed by atoms with Gasteiger partial charge < -0.3 is 24.4 Å². The first-order valence-corrected chi connectivity index (χ1v) is 7.35. The fourth-order valence-electron chi connectivity index (χ4n) is 2.23. The van der Waals surface area contributed by atoms with Gasteiger partial charge in [-0.3, -0.25) is 0 Å². The molecule has 0 fully saturated rings. The van der Waals surface area contributed by atoms with Crippen molar-refractivity contribution in [2.24, 2.45) is 0 Å². The van der Waals surface area contributed by atoms with Crippen molar-refractivity contribution < 1.29 is 14.2 Å². The lowest BCUT2D eigenvalue weighted by Crippen LogP contribution is -2.29. The van der Waals surface area contributed by atoms with Crippen LogP contribution in [0.4, 0.5) is 0 Å². The second-order valence-corrected chi connectivity index (χ2v) is 4.98. The predicted molar refractivity (Wildman–Crippen MR) is 85.6 cm³/mol. The highest BCUT2D eigenvalue weighted by molar-refractivity contribution is 5.55. The monoisotopic (exact) mass is 296 g/mol. The van der Waals surface area contributed by atoms with Crippen molar-refractivity contribution >= 4 is 0 Å². The van der Waals surface area contributed by atoms with Crippen LogP contribution in [-0.4, -0.2) is 52.9 Å². The highest BCUT2D eigenvalue weighted by Gasteiger charge is 2.16. The number of ether oxygens (including phenoxy) is 3. The van der Waals surface area contributed by atoms with Crippen LogP contribution in [0, 0.1) is 0 Å². The molecule has 120 valence electrons. The first kappa shape index (κ1) is 17.6. The molecule has 0 unspecified atom stereocenters. The maximum absolute atomic E-state index is 5.51.